The minimum Gasteiger partial charge on any atom is -0.508 e. The number of hydrogen-bond acceptors (Lipinski definition) is 13. The molecule has 19 heteroatoms. The number of anilines is 1. The lowest BCUT2D eigenvalue weighted by atomic mass is 9.84. The van der Waals surface area contributed by atoms with Crippen LogP contribution in [0.15, 0.2) is 79.0 Å². The summed E-state index contributed by atoms with van der Waals surface area (Å²) in [6.07, 6.45) is 1.32. The fraction of sp³-hybridized carbons (Fsp3) is 0.525. The Balaban J connectivity index is 1.05. The minimum absolute atomic E-state index is 0.0269. The number of nitroso groups, excluding NO2 is 1. The first-order chi connectivity index (χ1) is 38.2. The summed E-state index contributed by atoms with van der Waals surface area (Å²) in [5, 5.41) is 28.5. The van der Waals surface area contributed by atoms with Crippen LogP contribution in [0.4, 0.5) is 5.69 Å². The maximum atomic E-state index is 15.1. The number of amides is 3. The molecule has 4 N–H and O–H groups in total. The van der Waals surface area contributed by atoms with Gasteiger partial charge in [-0.25, -0.2) is 5.43 Å². The van der Waals surface area contributed by atoms with Crippen molar-refractivity contribution >= 4 is 40.3 Å². The molecule has 4 fully saturated rings. The van der Waals surface area contributed by atoms with Crippen molar-refractivity contribution < 1.29 is 48.5 Å². The van der Waals surface area contributed by atoms with Crippen molar-refractivity contribution in [1.82, 2.24) is 35.2 Å². The molecule has 5 aromatic rings. The number of aryl methyl sites for hydroxylation is 1. The number of carbonyl (C=O) groups excluding carboxylic acids is 4. The Labute approximate surface area is 468 Å². The van der Waals surface area contributed by atoms with Gasteiger partial charge in [0.25, 0.3) is 11.8 Å². The zero-order chi connectivity index (χ0) is 56.9. The highest BCUT2D eigenvalue weighted by Gasteiger charge is 2.54. The summed E-state index contributed by atoms with van der Waals surface area (Å²) in [7, 11) is 3.24. The average molecular weight is 1100 g/mol. The highest BCUT2D eigenvalue weighted by atomic mass is 16.5. The van der Waals surface area contributed by atoms with Gasteiger partial charge in [0.15, 0.2) is 10.9 Å². The molecule has 1 aliphatic carbocycles. The summed E-state index contributed by atoms with van der Waals surface area (Å²) in [6.45, 7) is 16.8. The summed E-state index contributed by atoms with van der Waals surface area (Å²) in [4.78, 5) is 81.3. The number of nitrogens with zero attached hydrogens (tertiary/aromatic N) is 7. The number of methoxy groups -OCH3 is 1. The molecule has 0 spiro atoms. The molecular formula is C61H78N9O10+. The number of aliphatic hydroxyl groups excluding tert-OH is 1. The molecule has 3 saturated heterocycles. The summed E-state index contributed by atoms with van der Waals surface area (Å²) in [5.41, 5.74) is 11.1. The summed E-state index contributed by atoms with van der Waals surface area (Å²) < 4.78 is 20.6. The monoisotopic (exact) mass is 1100 g/mol. The number of aromatic nitrogens is 2. The minimum atomic E-state index is -1.19. The highest BCUT2D eigenvalue weighted by molar-refractivity contribution is 5.96. The van der Waals surface area contributed by atoms with Gasteiger partial charge in [-0.1, -0.05) is 70.2 Å². The van der Waals surface area contributed by atoms with Crippen molar-refractivity contribution in [2.75, 3.05) is 65.0 Å². The number of piperazine rings is 1. The SMILES string of the molecule is CCn1c(-c2cc(N3CCN(C(=O)[C@@H](C)O)CC3)cnc2[C@H](C)OC)c2c3cc(ccc31)-c1cc(O)cc(c1)C[C@H](NC(=O)[C@H](C(C)C)N(C)[N+](=O)[C@@H]1OCC[C@@H]1c1ccccc1)C(=O)N1CC3C[C@@H]3[C@H](N1)C(=O)OCC(C)(C)C2. The number of phenolic OH excluding ortho intramolecular Hbond substituents is 1. The average Bonchev–Trinajstić information content (AvgIpc) is 3.97. The largest absolute Gasteiger partial charge is 0.508 e. The van der Waals surface area contributed by atoms with E-state index >= 15 is 4.79 Å². The van der Waals surface area contributed by atoms with Gasteiger partial charge in [0.2, 0.25) is 5.91 Å². The number of aromatic hydroxyl groups is 1. The first-order valence-electron chi connectivity index (χ1n) is 28.4. The standard InChI is InChI=1S/C61H77N9O10/c1-10-68-51-17-16-40-28-47(51)49(55(68)48-30-43(32-62-52(48)37(5)78-9)66-19-21-67(22-20-66)57(74)36(4)71)31-61(6,7)34-80-60(76)53-46-29-42(46)33-69(64-53)58(75)50(26-38-24-41(40)27-44(72)25-38)63-56(73)54(35(2)3)65(8)70(77)59-45(18-23-79-59)39-14-12-11-13-15-39/h11-17,24-25,27-28,30,32,35-37,42,45-46,50,53-54,59,64,71H,10,18-23,26,29,31,33-34H2,1-9H3,(H-,63,72,73)/p+1/t36-,37+,42?,45-,46+,50+,53+,54+,59-/m1/s1. The number of rotatable bonds is 13. The third-order valence-electron chi connectivity index (χ3n) is 17.1. The molecule has 10 rings (SSSR count). The van der Waals surface area contributed by atoms with Gasteiger partial charge in [0.05, 0.1) is 60.5 Å². The van der Waals surface area contributed by atoms with E-state index in [0.717, 1.165) is 55.1 Å². The number of cyclic esters (lactones) is 1. The van der Waals surface area contributed by atoms with E-state index in [1.165, 1.54) is 16.9 Å². The number of aliphatic hydroxyl groups is 1. The van der Waals surface area contributed by atoms with Gasteiger partial charge in [-0.15, -0.1) is 5.01 Å². The molecule has 426 valence electrons. The molecule has 5 aliphatic rings. The first kappa shape index (κ1) is 56.3. The Kier molecular flexibility index (Phi) is 16.1. The second-order valence-corrected chi connectivity index (χ2v) is 23.7. The van der Waals surface area contributed by atoms with Crippen LogP contribution in [-0.2, 0) is 52.8 Å². The van der Waals surface area contributed by atoms with Crippen LogP contribution in [0.2, 0.25) is 0 Å². The molecule has 6 bridgehead atoms. The van der Waals surface area contributed by atoms with Gasteiger partial charge in [0, 0.05) is 74.7 Å². The molecule has 9 atom stereocenters. The normalized spacial score (nSPS) is 24.2. The third-order valence-corrected chi connectivity index (χ3v) is 17.1. The maximum absolute atomic E-state index is 15.1. The second-order valence-electron chi connectivity index (χ2n) is 23.7. The van der Waals surface area contributed by atoms with Crippen molar-refractivity contribution in [2.45, 2.75) is 123 Å². The fourth-order valence-electron chi connectivity index (χ4n) is 12.7. The number of likely N-dealkylation sites (N-methyl/N-ethyl adjacent to an activating group) is 1. The molecule has 2 aromatic heterocycles. The Morgan fingerprint density at radius 1 is 1.00 bits per heavy atom. The summed E-state index contributed by atoms with van der Waals surface area (Å²) in [5.74, 6) is -2.40. The number of carbonyl (C=O) groups is 4. The van der Waals surface area contributed by atoms with Crippen LogP contribution in [0.3, 0.4) is 0 Å². The summed E-state index contributed by atoms with van der Waals surface area (Å²) in [6, 6.07) is 20.3. The van der Waals surface area contributed by atoms with Crippen LogP contribution >= 0.6 is 0 Å². The molecule has 4 aliphatic heterocycles. The predicted octanol–water partition coefficient (Wildman–Crippen LogP) is 6.52. The number of esters is 1. The number of nitrogens with one attached hydrogen (secondary N) is 2. The van der Waals surface area contributed by atoms with E-state index in [-0.39, 0.29) is 48.4 Å². The third kappa shape index (κ3) is 11.3. The lowest BCUT2D eigenvalue weighted by Gasteiger charge is -2.37. The van der Waals surface area contributed by atoms with Gasteiger partial charge in [-0.2, -0.15) is 0 Å². The van der Waals surface area contributed by atoms with Crippen LogP contribution < -0.4 is 15.6 Å². The van der Waals surface area contributed by atoms with E-state index in [1.807, 2.05) is 69.4 Å². The van der Waals surface area contributed by atoms with E-state index in [0.29, 0.717) is 76.3 Å². The van der Waals surface area contributed by atoms with Crippen molar-refractivity contribution in [3.05, 3.63) is 106 Å². The lowest BCUT2D eigenvalue weighted by molar-refractivity contribution is -0.763. The number of fused-ring (bicyclic) bond motifs is 8. The zero-order valence-corrected chi connectivity index (χ0v) is 47.6. The molecule has 19 nitrogen and oxygen atoms in total. The zero-order valence-electron chi connectivity index (χ0n) is 47.6. The van der Waals surface area contributed by atoms with Gasteiger partial charge >= 0.3 is 12.2 Å². The molecule has 6 heterocycles. The first-order valence-corrected chi connectivity index (χ1v) is 28.4. The van der Waals surface area contributed by atoms with E-state index in [4.69, 9.17) is 19.2 Å². The topological polar surface area (TPSA) is 211 Å². The van der Waals surface area contributed by atoms with Crippen molar-refractivity contribution in [2.24, 2.45) is 23.2 Å². The van der Waals surface area contributed by atoms with Crippen LogP contribution in [0.25, 0.3) is 33.3 Å². The fourth-order valence-corrected chi connectivity index (χ4v) is 12.7. The van der Waals surface area contributed by atoms with Crippen molar-refractivity contribution in [1.29, 1.82) is 0 Å². The van der Waals surface area contributed by atoms with Gasteiger partial charge < -0.3 is 44.1 Å². The van der Waals surface area contributed by atoms with Crippen LogP contribution in [0.1, 0.15) is 95.7 Å². The smallest absolute Gasteiger partial charge is 0.344 e. The number of pyridine rings is 1. The van der Waals surface area contributed by atoms with E-state index in [1.54, 1.807) is 31.2 Å². The number of phenols is 1. The van der Waals surface area contributed by atoms with Crippen molar-refractivity contribution in [3.8, 4) is 28.1 Å². The van der Waals surface area contributed by atoms with E-state index in [9.17, 15) is 29.5 Å². The van der Waals surface area contributed by atoms with Crippen LogP contribution in [0, 0.1) is 28.1 Å². The van der Waals surface area contributed by atoms with Gasteiger partial charge in [-0.3, -0.25) is 29.2 Å². The quantitative estimate of drug-likeness (QED) is 0.0563. The molecule has 3 aromatic carbocycles. The maximum Gasteiger partial charge on any atom is 0.344 e. The van der Waals surface area contributed by atoms with Crippen molar-refractivity contribution in [3.63, 3.8) is 0 Å². The molecule has 1 unspecified atom stereocenters. The number of benzene rings is 3. The summed E-state index contributed by atoms with van der Waals surface area (Å²) >= 11 is 0. The van der Waals surface area contributed by atoms with Gasteiger partial charge in [-0.05, 0) is 116 Å². The Morgan fingerprint density at radius 2 is 1.75 bits per heavy atom. The van der Waals surface area contributed by atoms with Gasteiger partial charge in [0.1, 0.15) is 23.9 Å². The second kappa shape index (κ2) is 22.9. The van der Waals surface area contributed by atoms with Crippen LogP contribution in [-0.4, -0.2) is 154 Å². The number of hydrazine groups is 2. The Morgan fingerprint density at radius 3 is 2.45 bits per heavy atom. The molecule has 80 heavy (non-hydrogen) atoms. The van der Waals surface area contributed by atoms with E-state index < -0.39 is 59.8 Å². The molecule has 0 radical (unpaired) electrons. The molecular weight excluding hydrogens is 1020 g/mol. The molecule has 1 saturated carbocycles. The number of hydrogen-bond donors (Lipinski definition) is 4. The Hall–Kier alpha value is -6.93. The molecule has 3 amide bonds. The van der Waals surface area contributed by atoms with E-state index in [2.05, 4.69) is 59.2 Å². The lowest BCUT2D eigenvalue weighted by Crippen LogP contribution is -2.63. The number of ether oxygens (including phenoxy) is 3. The Bertz CT molecular complexity index is 3150. The highest BCUT2D eigenvalue weighted by Crippen LogP contribution is 2.46. The van der Waals surface area contributed by atoms with Crippen LogP contribution in [0.5, 0.6) is 5.75 Å². The predicted molar refractivity (Wildman–Crippen MR) is 302 cm³/mol.